The van der Waals surface area contributed by atoms with Crippen LogP contribution in [0.25, 0.3) is 0 Å². The van der Waals surface area contributed by atoms with Gasteiger partial charge in [0.25, 0.3) is 0 Å². The van der Waals surface area contributed by atoms with Crippen molar-refractivity contribution >= 4 is 5.91 Å². The Kier molecular flexibility index (Phi) is 6.87. The SMILES string of the molecule is CCOCCCNC(=O)Cc1cccc(OC)c1. The van der Waals surface area contributed by atoms with Gasteiger partial charge in [-0.2, -0.15) is 0 Å². The van der Waals surface area contributed by atoms with Crippen LogP contribution in [0.1, 0.15) is 18.9 Å². The first-order valence-electron chi connectivity index (χ1n) is 6.23. The van der Waals surface area contributed by atoms with Gasteiger partial charge in [-0.25, -0.2) is 0 Å². The van der Waals surface area contributed by atoms with Crippen molar-refractivity contribution in [1.29, 1.82) is 0 Å². The lowest BCUT2D eigenvalue weighted by molar-refractivity contribution is -0.120. The van der Waals surface area contributed by atoms with Gasteiger partial charge >= 0.3 is 0 Å². The highest BCUT2D eigenvalue weighted by atomic mass is 16.5. The van der Waals surface area contributed by atoms with E-state index in [-0.39, 0.29) is 5.91 Å². The molecule has 0 atom stereocenters. The van der Waals surface area contributed by atoms with Crippen molar-refractivity contribution in [3.63, 3.8) is 0 Å². The number of ether oxygens (including phenoxy) is 2. The second-order valence-electron chi connectivity index (χ2n) is 3.93. The van der Waals surface area contributed by atoms with Crippen molar-refractivity contribution in [2.45, 2.75) is 19.8 Å². The third-order valence-electron chi connectivity index (χ3n) is 2.49. The monoisotopic (exact) mass is 251 g/mol. The van der Waals surface area contributed by atoms with Gasteiger partial charge in [0, 0.05) is 19.8 Å². The van der Waals surface area contributed by atoms with E-state index < -0.39 is 0 Å². The molecule has 1 aromatic carbocycles. The van der Waals surface area contributed by atoms with Crippen LogP contribution in [0, 0.1) is 0 Å². The van der Waals surface area contributed by atoms with E-state index in [0.717, 1.165) is 24.3 Å². The first-order chi connectivity index (χ1) is 8.76. The number of amides is 1. The standard InChI is InChI=1S/C14H21NO3/c1-3-18-9-5-8-15-14(16)11-12-6-4-7-13(10-12)17-2/h4,6-7,10H,3,5,8-9,11H2,1-2H3,(H,15,16). The topological polar surface area (TPSA) is 47.6 Å². The van der Waals surface area contributed by atoms with Crippen molar-refractivity contribution in [2.75, 3.05) is 26.9 Å². The van der Waals surface area contributed by atoms with Gasteiger partial charge in [-0.15, -0.1) is 0 Å². The zero-order valence-corrected chi connectivity index (χ0v) is 11.1. The molecule has 0 heterocycles. The summed E-state index contributed by atoms with van der Waals surface area (Å²) < 4.78 is 10.3. The number of methoxy groups -OCH3 is 1. The second kappa shape index (κ2) is 8.53. The number of hydrogen-bond donors (Lipinski definition) is 1. The molecule has 0 aliphatic heterocycles. The van der Waals surface area contributed by atoms with E-state index in [1.807, 2.05) is 31.2 Å². The molecule has 1 rings (SSSR count). The summed E-state index contributed by atoms with van der Waals surface area (Å²) in [5.41, 5.74) is 0.955. The predicted molar refractivity (Wildman–Crippen MR) is 70.8 cm³/mol. The maximum absolute atomic E-state index is 11.7. The summed E-state index contributed by atoms with van der Waals surface area (Å²) in [5, 5.41) is 2.87. The van der Waals surface area contributed by atoms with Crippen LogP contribution < -0.4 is 10.1 Å². The summed E-state index contributed by atoms with van der Waals surface area (Å²) in [4.78, 5) is 11.7. The second-order valence-corrected chi connectivity index (χ2v) is 3.93. The van der Waals surface area contributed by atoms with Gasteiger partial charge in [0.2, 0.25) is 5.91 Å². The summed E-state index contributed by atoms with van der Waals surface area (Å²) in [6.07, 6.45) is 1.23. The number of nitrogens with one attached hydrogen (secondary N) is 1. The molecule has 1 amide bonds. The molecule has 0 aliphatic carbocycles. The molecule has 0 fully saturated rings. The Morgan fingerprint density at radius 3 is 2.94 bits per heavy atom. The van der Waals surface area contributed by atoms with E-state index in [1.54, 1.807) is 7.11 Å². The first kappa shape index (κ1) is 14.5. The zero-order valence-electron chi connectivity index (χ0n) is 11.1. The lowest BCUT2D eigenvalue weighted by Crippen LogP contribution is -2.26. The van der Waals surface area contributed by atoms with Crippen LogP contribution in [0.2, 0.25) is 0 Å². The van der Waals surface area contributed by atoms with Crippen molar-refractivity contribution in [3.8, 4) is 5.75 Å². The minimum Gasteiger partial charge on any atom is -0.497 e. The maximum atomic E-state index is 11.7. The van der Waals surface area contributed by atoms with E-state index in [1.165, 1.54) is 0 Å². The summed E-state index contributed by atoms with van der Waals surface area (Å²) in [6.45, 7) is 4.03. The maximum Gasteiger partial charge on any atom is 0.224 e. The van der Waals surface area contributed by atoms with E-state index in [9.17, 15) is 4.79 Å². The molecule has 0 saturated heterocycles. The van der Waals surface area contributed by atoms with Crippen LogP contribution in [0.15, 0.2) is 24.3 Å². The summed E-state index contributed by atoms with van der Waals surface area (Å²) in [7, 11) is 1.62. The Morgan fingerprint density at radius 1 is 1.39 bits per heavy atom. The Labute approximate surface area is 108 Å². The molecule has 18 heavy (non-hydrogen) atoms. The molecular weight excluding hydrogens is 230 g/mol. The lowest BCUT2D eigenvalue weighted by atomic mass is 10.1. The van der Waals surface area contributed by atoms with Gasteiger partial charge in [0.1, 0.15) is 5.75 Å². The minimum atomic E-state index is 0.0275. The average molecular weight is 251 g/mol. The fraction of sp³-hybridized carbons (Fsp3) is 0.500. The van der Waals surface area contributed by atoms with Crippen LogP contribution >= 0.6 is 0 Å². The predicted octanol–water partition coefficient (Wildman–Crippen LogP) is 1.78. The summed E-state index contributed by atoms with van der Waals surface area (Å²) >= 11 is 0. The zero-order chi connectivity index (χ0) is 13.2. The molecular formula is C14H21NO3. The van der Waals surface area contributed by atoms with Crippen LogP contribution in [0.4, 0.5) is 0 Å². The van der Waals surface area contributed by atoms with Gasteiger partial charge in [0.15, 0.2) is 0 Å². The quantitative estimate of drug-likeness (QED) is 0.716. The van der Waals surface area contributed by atoms with Gasteiger partial charge in [-0.3, -0.25) is 4.79 Å². The molecule has 0 unspecified atom stereocenters. The highest BCUT2D eigenvalue weighted by molar-refractivity contribution is 5.78. The highest BCUT2D eigenvalue weighted by Crippen LogP contribution is 2.12. The van der Waals surface area contributed by atoms with Crippen LogP contribution in [-0.4, -0.2) is 32.8 Å². The molecule has 1 N–H and O–H groups in total. The Morgan fingerprint density at radius 2 is 2.22 bits per heavy atom. The molecule has 0 aliphatic rings. The molecule has 0 bridgehead atoms. The number of carbonyl (C=O) groups excluding carboxylic acids is 1. The smallest absolute Gasteiger partial charge is 0.224 e. The summed E-state index contributed by atoms with van der Waals surface area (Å²) in [5.74, 6) is 0.802. The number of hydrogen-bond acceptors (Lipinski definition) is 3. The van der Waals surface area contributed by atoms with Crippen molar-refractivity contribution in [2.24, 2.45) is 0 Å². The van der Waals surface area contributed by atoms with Crippen molar-refractivity contribution < 1.29 is 14.3 Å². The average Bonchev–Trinajstić information content (AvgIpc) is 2.38. The molecule has 4 nitrogen and oxygen atoms in total. The van der Waals surface area contributed by atoms with Crippen molar-refractivity contribution in [3.05, 3.63) is 29.8 Å². The Bertz CT molecular complexity index is 366. The molecule has 4 heteroatoms. The minimum absolute atomic E-state index is 0.0275. The van der Waals surface area contributed by atoms with Gasteiger partial charge < -0.3 is 14.8 Å². The lowest BCUT2D eigenvalue weighted by Gasteiger charge is -2.06. The molecule has 0 spiro atoms. The molecule has 0 radical (unpaired) electrons. The fourth-order valence-corrected chi connectivity index (χ4v) is 1.58. The number of benzene rings is 1. The number of rotatable bonds is 8. The molecule has 0 aromatic heterocycles. The Hall–Kier alpha value is -1.55. The van der Waals surface area contributed by atoms with E-state index >= 15 is 0 Å². The van der Waals surface area contributed by atoms with Gasteiger partial charge in [-0.05, 0) is 31.0 Å². The van der Waals surface area contributed by atoms with Crippen molar-refractivity contribution in [1.82, 2.24) is 5.32 Å². The van der Waals surface area contributed by atoms with Gasteiger partial charge in [-0.1, -0.05) is 12.1 Å². The summed E-state index contributed by atoms with van der Waals surface area (Å²) in [6, 6.07) is 7.54. The largest absolute Gasteiger partial charge is 0.497 e. The van der Waals surface area contributed by atoms with Crippen LogP contribution in [0.3, 0.4) is 0 Å². The number of carbonyl (C=O) groups is 1. The normalized spacial score (nSPS) is 10.1. The van der Waals surface area contributed by atoms with E-state index in [4.69, 9.17) is 9.47 Å². The Balaban J connectivity index is 2.26. The third-order valence-corrected chi connectivity index (χ3v) is 2.49. The fourth-order valence-electron chi connectivity index (χ4n) is 1.58. The highest BCUT2D eigenvalue weighted by Gasteiger charge is 2.03. The molecule has 1 aromatic rings. The van der Waals surface area contributed by atoms with E-state index in [0.29, 0.717) is 19.6 Å². The first-order valence-corrected chi connectivity index (χ1v) is 6.23. The van der Waals surface area contributed by atoms with E-state index in [2.05, 4.69) is 5.32 Å². The molecule has 0 saturated carbocycles. The van der Waals surface area contributed by atoms with Crippen LogP contribution in [-0.2, 0) is 16.0 Å². The third kappa shape index (κ3) is 5.68. The van der Waals surface area contributed by atoms with Gasteiger partial charge in [0.05, 0.1) is 13.5 Å². The molecule has 100 valence electrons. The van der Waals surface area contributed by atoms with Crippen LogP contribution in [0.5, 0.6) is 5.75 Å².